The summed E-state index contributed by atoms with van der Waals surface area (Å²) in [7, 11) is 0. The third-order valence-corrected chi connectivity index (χ3v) is 5.88. The first-order chi connectivity index (χ1) is 13.8. The van der Waals surface area contributed by atoms with Crippen LogP contribution in [0.1, 0.15) is 74.7 Å². The van der Waals surface area contributed by atoms with Crippen LogP contribution in [0.15, 0.2) is 34.9 Å². The predicted octanol–water partition coefficient (Wildman–Crippen LogP) is 4.42. The van der Waals surface area contributed by atoms with Crippen LogP contribution in [-0.4, -0.2) is 27.5 Å². The van der Waals surface area contributed by atoms with Crippen molar-refractivity contribution in [2.75, 3.05) is 6.54 Å². The highest BCUT2D eigenvalue weighted by Gasteiger charge is 2.32. The molecule has 28 heavy (non-hydrogen) atoms. The number of piperidine rings is 1. The standard InChI is InChI=1S/C22H29N3O3/c26-21(14-17-8-4-5-9-17)25-13-7-6-12-19(25)22-23-20(28-24-22)16-27-15-18-10-2-1-3-11-18/h1-3,10-11,17,19H,4-9,12-16H2. The molecule has 2 aromatic rings. The van der Waals surface area contributed by atoms with Crippen LogP contribution in [0, 0.1) is 5.92 Å². The summed E-state index contributed by atoms with van der Waals surface area (Å²) in [5.74, 6) is 1.91. The monoisotopic (exact) mass is 383 g/mol. The highest BCUT2D eigenvalue weighted by Crippen LogP contribution is 2.33. The fourth-order valence-corrected chi connectivity index (χ4v) is 4.37. The lowest BCUT2D eigenvalue weighted by Crippen LogP contribution is -2.39. The summed E-state index contributed by atoms with van der Waals surface area (Å²) in [6.45, 7) is 1.59. The minimum atomic E-state index is -0.0609. The van der Waals surface area contributed by atoms with Crippen LogP contribution in [0.5, 0.6) is 0 Å². The minimum Gasteiger partial charge on any atom is -0.367 e. The van der Waals surface area contributed by atoms with Gasteiger partial charge in [-0.05, 0) is 43.6 Å². The molecular formula is C22H29N3O3. The number of carbonyl (C=O) groups excluding carboxylic acids is 1. The van der Waals surface area contributed by atoms with Gasteiger partial charge in [-0.3, -0.25) is 4.79 Å². The smallest absolute Gasteiger partial charge is 0.252 e. The van der Waals surface area contributed by atoms with Crippen molar-refractivity contribution in [3.63, 3.8) is 0 Å². The van der Waals surface area contributed by atoms with Gasteiger partial charge in [-0.1, -0.05) is 48.3 Å². The van der Waals surface area contributed by atoms with Crippen LogP contribution >= 0.6 is 0 Å². The first-order valence-corrected chi connectivity index (χ1v) is 10.5. The Labute approximate surface area is 166 Å². The molecule has 1 unspecified atom stereocenters. The van der Waals surface area contributed by atoms with Gasteiger partial charge in [-0.2, -0.15) is 4.98 Å². The van der Waals surface area contributed by atoms with Gasteiger partial charge in [0.15, 0.2) is 5.82 Å². The number of aromatic nitrogens is 2. The van der Waals surface area contributed by atoms with Crippen LogP contribution in [0.2, 0.25) is 0 Å². The summed E-state index contributed by atoms with van der Waals surface area (Å²) < 4.78 is 11.1. The van der Waals surface area contributed by atoms with E-state index in [9.17, 15) is 4.79 Å². The van der Waals surface area contributed by atoms with Crippen molar-refractivity contribution in [3.8, 4) is 0 Å². The number of carbonyl (C=O) groups is 1. The molecule has 1 saturated heterocycles. The van der Waals surface area contributed by atoms with Gasteiger partial charge in [-0.25, -0.2) is 0 Å². The molecule has 150 valence electrons. The van der Waals surface area contributed by atoms with Gasteiger partial charge in [0.2, 0.25) is 5.91 Å². The molecule has 1 atom stereocenters. The van der Waals surface area contributed by atoms with Crippen molar-refractivity contribution >= 4 is 5.91 Å². The van der Waals surface area contributed by atoms with E-state index >= 15 is 0 Å². The highest BCUT2D eigenvalue weighted by molar-refractivity contribution is 5.77. The van der Waals surface area contributed by atoms with E-state index in [1.807, 2.05) is 35.2 Å². The van der Waals surface area contributed by atoms with Gasteiger partial charge in [0, 0.05) is 13.0 Å². The van der Waals surface area contributed by atoms with Crippen LogP contribution < -0.4 is 0 Å². The zero-order valence-corrected chi connectivity index (χ0v) is 16.4. The molecule has 1 aliphatic heterocycles. The molecule has 1 aromatic carbocycles. The highest BCUT2D eigenvalue weighted by atomic mass is 16.5. The molecular weight excluding hydrogens is 354 g/mol. The van der Waals surface area contributed by atoms with Gasteiger partial charge in [0.1, 0.15) is 6.61 Å². The van der Waals surface area contributed by atoms with Gasteiger partial charge in [0.25, 0.3) is 5.89 Å². The average Bonchev–Trinajstić information content (AvgIpc) is 3.41. The van der Waals surface area contributed by atoms with E-state index < -0.39 is 0 Å². The Kier molecular flexibility index (Phi) is 6.37. The number of benzene rings is 1. The Bertz CT molecular complexity index is 755. The fraction of sp³-hybridized carbons (Fsp3) is 0.591. The molecule has 2 heterocycles. The molecule has 0 N–H and O–H groups in total. The molecule has 2 fully saturated rings. The van der Waals surface area contributed by atoms with Crippen LogP contribution in [0.4, 0.5) is 0 Å². The predicted molar refractivity (Wildman–Crippen MR) is 104 cm³/mol. The van der Waals surface area contributed by atoms with E-state index in [4.69, 9.17) is 9.26 Å². The second-order valence-corrected chi connectivity index (χ2v) is 7.98. The van der Waals surface area contributed by atoms with Gasteiger partial charge < -0.3 is 14.2 Å². The maximum absolute atomic E-state index is 12.9. The number of ether oxygens (including phenoxy) is 1. The van der Waals surface area contributed by atoms with Crippen molar-refractivity contribution in [3.05, 3.63) is 47.6 Å². The first kappa shape index (κ1) is 19.1. The first-order valence-electron chi connectivity index (χ1n) is 10.5. The van der Waals surface area contributed by atoms with E-state index in [-0.39, 0.29) is 18.6 Å². The van der Waals surface area contributed by atoms with Gasteiger partial charge >= 0.3 is 0 Å². The quantitative estimate of drug-likeness (QED) is 0.708. The fourth-order valence-electron chi connectivity index (χ4n) is 4.37. The SMILES string of the molecule is O=C(CC1CCCC1)N1CCCCC1c1noc(COCc2ccccc2)n1. The summed E-state index contributed by atoms with van der Waals surface area (Å²) >= 11 is 0. The maximum Gasteiger partial charge on any atom is 0.252 e. The van der Waals surface area contributed by atoms with Gasteiger partial charge in [-0.15, -0.1) is 0 Å². The number of amides is 1. The lowest BCUT2D eigenvalue weighted by atomic mass is 9.98. The molecule has 0 radical (unpaired) electrons. The normalized spacial score (nSPS) is 20.6. The van der Waals surface area contributed by atoms with Crippen LogP contribution in [-0.2, 0) is 22.7 Å². The third kappa shape index (κ3) is 4.79. The minimum absolute atomic E-state index is 0.0609. The van der Waals surface area contributed by atoms with E-state index in [0.717, 1.165) is 31.4 Å². The Morgan fingerprint density at radius 1 is 1.07 bits per heavy atom. The molecule has 1 saturated carbocycles. The molecule has 6 heteroatoms. The summed E-state index contributed by atoms with van der Waals surface area (Å²) in [6, 6.07) is 9.95. The van der Waals surface area contributed by atoms with Gasteiger partial charge in [0.05, 0.1) is 12.6 Å². The number of likely N-dealkylation sites (tertiary alicyclic amines) is 1. The molecule has 6 nitrogen and oxygen atoms in total. The van der Waals surface area contributed by atoms with Crippen molar-refractivity contribution in [2.24, 2.45) is 5.92 Å². The van der Waals surface area contributed by atoms with E-state index in [2.05, 4.69) is 10.1 Å². The zero-order chi connectivity index (χ0) is 19.2. The zero-order valence-electron chi connectivity index (χ0n) is 16.4. The van der Waals surface area contributed by atoms with E-state index in [0.29, 0.717) is 30.7 Å². The maximum atomic E-state index is 12.9. The van der Waals surface area contributed by atoms with Crippen molar-refractivity contribution in [1.82, 2.24) is 15.0 Å². The molecule has 0 bridgehead atoms. The third-order valence-electron chi connectivity index (χ3n) is 5.88. The van der Waals surface area contributed by atoms with Crippen molar-refractivity contribution in [2.45, 2.75) is 70.6 Å². The lowest BCUT2D eigenvalue weighted by molar-refractivity contribution is -0.136. The van der Waals surface area contributed by atoms with Crippen molar-refractivity contribution < 1.29 is 14.1 Å². The number of rotatable bonds is 7. The number of nitrogens with zero attached hydrogens (tertiary/aromatic N) is 3. The van der Waals surface area contributed by atoms with E-state index in [1.165, 1.54) is 25.7 Å². The van der Waals surface area contributed by atoms with Crippen LogP contribution in [0.25, 0.3) is 0 Å². The summed E-state index contributed by atoms with van der Waals surface area (Å²) in [5, 5.41) is 4.17. The summed E-state index contributed by atoms with van der Waals surface area (Å²) in [5.41, 5.74) is 1.11. The van der Waals surface area contributed by atoms with Crippen molar-refractivity contribution in [1.29, 1.82) is 0 Å². The Morgan fingerprint density at radius 2 is 1.86 bits per heavy atom. The second-order valence-electron chi connectivity index (χ2n) is 7.98. The molecule has 4 rings (SSSR count). The molecule has 1 aromatic heterocycles. The topological polar surface area (TPSA) is 68.5 Å². The number of hydrogen-bond donors (Lipinski definition) is 0. The summed E-state index contributed by atoms with van der Waals surface area (Å²) in [6.07, 6.45) is 8.62. The average molecular weight is 383 g/mol. The second kappa shape index (κ2) is 9.32. The summed E-state index contributed by atoms with van der Waals surface area (Å²) in [4.78, 5) is 19.4. The lowest BCUT2D eigenvalue weighted by Gasteiger charge is -2.34. The molecule has 0 spiro atoms. The molecule has 1 aliphatic carbocycles. The largest absolute Gasteiger partial charge is 0.367 e. The Morgan fingerprint density at radius 3 is 2.68 bits per heavy atom. The van der Waals surface area contributed by atoms with E-state index in [1.54, 1.807) is 0 Å². The molecule has 2 aliphatic rings. The Hall–Kier alpha value is -2.21. The number of hydrogen-bond acceptors (Lipinski definition) is 5. The van der Waals surface area contributed by atoms with Crippen LogP contribution in [0.3, 0.4) is 0 Å². The molecule has 1 amide bonds. The Balaban J connectivity index is 1.34.